The highest BCUT2D eigenvalue weighted by Crippen LogP contribution is 2.27. The summed E-state index contributed by atoms with van der Waals surface area (Å²) in [7, 11) is 0. The van der Waals surface area contributed by atoms with Crippen LogP contribution in [0, 0.1) is 5.92 Å². The minimum atomic E-state index is -0.0892. The zero-order chi connectivity index (χ0) is 14.6. The van der Waals surface area contributed by atoms with Gasteiger partial charge in [-0.3, -0.25) is 4.79 Å². The van der Waals surface area contributed by atoms with Crippen molar-refractivity contribution in [1.82, 2.24) is 5.32 Å². The van der Waals surface area contributed by atoms with E-state index in [-0.39, 0.29) is 17.4 Å². The van der Waals surface area contributed by atoms with Gasteiger partial charge in [0.2, 0.25) is 5.91 Å². The number of aryl methyl sites for hydroxylation is 1. The van der Waals surface area contributed by atoms with Gasteiger partial charge in [0, 0.05) is 16.8 Å². The van der Waals surface area contributed by atoms with Crippen LogP contribution in [0.5, 0.6) is 0 Å². The van der Waals surface area contributed by atoms with Crippen LogP contribution in [0.3, 0.4) is 0 Å². The van der Waals surface area contributed by atoms with Crippen LogP contribution in [0.25, 0.3) is 0 Å². The summed E-state index contributed by atoms with van der Waals surface area (Å²) in [5, 5.41) is 4.12. The summed E-state index contributed by atoms with van der Waals surface area (Å²) in [4.78, 5) is 12.6. The third-order valence-corrected chi connectivity index (χ3v) is 5.79. The van der Waals surface area contributed by atoms with Crippen molar-refractivity contribution < 1.29 is 4.79 Å². The molecular formula is C17H24BrNO. The lowest BCUT2D eigenvalue weighted by Crippen LogP contribution is -2.51. The van der Waals surface area contributed by atoms with E-state index in [2.05, 4.69) is 59.4 Å². The molecule has 0 fully saturated rings. The molecule has 0 spiro atoms. The van der Waals surface area contributed by atoms with E-state index in [9.17, 15) is 4.79 Å². The van der Waals surface area contributed by atoms with Gasteiger partial charge in [-0.1, -0.05) is 54.0 Å². The Bertz CT molecular complexity index is 460. The number of hydrogen-bond acceptors (Lipinski definition) is 1. The molecule has 1 aliphatic carbocycles. The molecule has 110 valence electrons. The first-order valence-corrected chi connectivity index (χ1v) is 8.71. The Hall–Kier alpha value is -0.830. The first kappa shape index (κ1) is 15.6. The summed E-state index contributed by atoms with van der Waals surface area (Å²) in [6, 6.07) is 8.50. The Morgan fingerprint density at radius 1 is 1.30 bits per heavy atom. The van der Waals surface area contributed by atoms with Gasteiger partial charge in [-0.2, -0.15) is 0 Å². The minimum Gasteiger partial charge on any atom is -0.350 e. The third-order valence-electron chi connectivity index (χ3n) is 4.72. The monoisotopic (exact) mass is 337 g/mol. The summed E-state index contributed by atoms with van der Waals surface area (Å²) in [6.07, 6.45) is 4.80. The molecule has 0 radical (unpaired) electrons. The van der Waals surface area contributed by atoms with Crippen LogP contribution >= 0.6 is 15.9 Å². The molecule has 0 saturated heterocycles. The Kier molecular flexibility index (Phi) is 5.25. The highest BCUT2D eigenvalue weighted by molar-refractivity contribution is 9.09. The van der Waals surface area contributed by atoms with Gasteiger partial charge in [-0.15, -0.1) is 0 Å². The summed E-state index contributed by atoms with van der Waals surface area (Å²) in [5.41, 5.74) is 2.67. The minimum absolute atomic E-state index is 0.0892. The number of benzene rings is 1. The molecule has 1 amide bonds. The topological polar surface area (TPSA) is 29.1 Å². The van der Waals surface area contributed by atoms with Gasteiger partial charge in [0.15, 0.2) is 0 Å². The van der Waals surface area contributed by atoms with Crippen LogP contribution < -0.4 is 5.32 Å². The van der Waals surface area contributed by atoms with E-state index >= 15 is 0 Å². The van der Waals surface area contributed by atoms with Crippen molar-refractivity contribution in [1.29, 1.82) is 0 Å². The van der Waals surface area contributed by atoms with Gasteiger partial charge in [-0.05, 0) is 43.2 Å². The maximum absolute atomic E-state index is 12.6. The average Bonchev–Trinajstić information content (AvgIpc) is 2.52. The van der Waals surface area contributed by atoms with Gasteiger partial charge in [0.05, 0.1) is 0 Å². The van der Waals surface area contributed by atoms with Crippen LogP contribution in [-0.4, -0.2) is 16.8 Å². The fraction of sp³-hybridized carbons (Fsp3) is 0.588. The van der Waals surface area contributed by atoms with E-state index in [4.69, 9.17) is 0 Å². The molecule has 0 aliphatic heterocycles. The quantitative estimate of drug-likeness (QED) is 0.812. The van der Waals surface area contributed by atoms with Gasteiger partial charge in [0.25, 0.3) is 0 Å². The Morgan fingerprint density at radius 2 is 1.95 bits per heavy atom. The molecule has 0 aromatic heterocycles. The Balaban J connectivity index is 2.05. The van der Waals surface area contributed by atoms with Crippen LogP contribution in [-0.2, 0) is 17.6 Å². The molecule has 0 bridgehead atoms. The Morgan fingerprint density at radius 3 is 2.55 bits per heavy atom. The van der Waals surface area contributed by atoms with Gasteiger partial charge in [0.1, 0.15) is 0 Å². The second kappa shape index (κ2) is 6.75. The zero-order valence-electron chi connectivity index (χ0n) is 12.4. The largest absolute Gasteiger partial charge is 0.350 e. The molecule has 1 atom stereocenters. The first-order chi connectivity index (χ1) is 9.64. The average molecular weight is 338 g/mol. The van der Waals surface area contributed by atoms with E-state index in [1.165, 1.54) is 11.1 Å². The highest BCUT2D eigenvalue weighted by atomic mass is 79.9. The number of rotatable bonds is 5. The van der Waals surface area contributed by atoms with E-state index in [0.29, 0.717) is 0 Å². The molecule has 0 heterocycles. The number of alkyl halides is 1. The first-order valence-electron chi connectivity index (χ1n) is 7.59. The predicted octanol–water partition coefficient (Wildman–Crippen LogP) is 3.86. The standard InChI is InChI=1S/C17H24BrNO/c1-3-17(4-2,12-18)19-16(20)15-10-9-13-7-5-6-8-14(13)11-15/h5-8,15H,3-4,9-12H2,1-2H3,(H,19,20). The van der Waals surface area contributed by atoms with Gasteiger partial charge in [-0.25, -0.2) is 0 Å². The number of fused-ring (bicyclic) bond motifs is 1. The van der Waals surface area contributed by atoms with Gasteiger partial charge < -0.3 is 5.32 Å². The van der Waals surface area contributed by atoms with Crippen LogP contribution in [0.15, 0.2) is 24.3 Å². The lowest BCUT2D eigenvalue weighted by Gasteiger charge is -2.34. The van der Waals surface area contributed by atoms with Crippen LogP contribution in [0.4, 0.5) is 0 Å². The van der Waals surface area contributed by atoms with Crippen molar-refractivity contribution in [2.24, 2.45) is 5.92 Å². The second-order valence-corrected chi connectivity index (χ2v) is 6.38. The fourth-order valence-corrected chi connectivity index (χ4v) is 3.87. The van der Waals surface area contributed by atoms with Crippen LogP contribution in [0.1, 0.15) is 44.2 Å². The van der Waals surface area contributed by atoms with E-state index < -0.39 is 0 Å². The highest BCUT2D eigenvalue weighted by Gasteiger charge is 2.31. The molecule has 3 heteroatoms. The summed E-state index contributed by atoms with van der Waals surface area (Å²) in [5.74, 6) is 0.351. The molecule has 1 aliphatic rings. The zero-order valence-corrected chi connectivity index (χ0v) is 14.0. The van der Waals surface area contributed by atoms with E-state index in [1.807, 2.05) is 0 Å². The molecule has 2 nitrogen and oxygen atoms in total. The summed E-state index contributed by atoms with van der Waals surface area (Å²) in [6.45, 7) is 4.28. The summed E-state index contributed by atoms with van der Waals surface area (Å²) < 4.78 is 0. The maximum Gasteiger partial charge on any atom is 0.223 e. The maximum atomic E-state index is 12.6. The van der Waals surface area contributed by atoms with Crippen molar-refractivity contribution in [3.63, 3.8) is 0 Å². The number of halogens is 1. The summed E-state index contributed by atoms with van der Waals surface area (Å²) >= 11 is 3.56. The predicted molar refractivity (Wildman–Crippen MR) is 87.2 cm³/mol. The van der Waals surface area contributed by atoms with Crippen molar-refractivity contribution >= 4 is 21.8 Å². The number of hydrogen-bond donors (Lipinski definition) is 1. The van der Waals surface area contributed by atoms with E-state index in [0.717, 1.165) is 37.4 Å². The normalized spacial score (nSPS) is 18.4. The van der Waals surface area contributed by atoms with Gasteiger partial charge >= 0.3 is 0 Å². The number of amides is 1. The number of nitrogens with one attached hydrogen (secondary N) is 1. The fourth-order valence-electron chi connectivity index (χ4n) is 2.93. The molecule has 1 unspecified atom stereocenters. The van der Waals surface area contributed by atoms with E-state index in [1.54, 1.807) is 0 Å². The molecule has 0 saturated carbocycles. The number of carbonyl (C=O) groups excluding carboxylic acids is 1. The molecule has 1 N–H and O–H groups in total. The van der Waals surface area contributed by atoms with Crippen molar-refractivity contribution in [3.05, 3.63) is 35.4 Å². The number of carbonyl (C=O) groups is 1. The Labute approximate surface area is 130 Å². The molecule has 20 heavy (non-hydrogen) atoms. The SMILES string of the molecule is CCC(CC)(CBr)NC(=O)C1CCc2ccccc2C1. The van der Waals surface area contributed by atoms with Crippen molar-refractivity contribution in [3.8, 4) is 0 Å². The smallest absolute Gasteiger partial charge is 0.223 e. The van der Waals surface area contributed by atoms with Crippen molar-refractivity contribution in [2.45, 2.75) is 51.5 Å². The van der Waals surface area contributed by atoms with Crippen LogP contribution in [0.2, 0.25) is 0 Å². The second-order valence-electron chi connectivity index (χ2n) is 5.82. The molecule has 1 aromatic carbocycles. The molecular weight excluding hydrogens is 314 g/mol. The molecule has 1 aromatic rings. The third kappa shape index (κ3) is 3.25. The molecule has 2 rings (SSSR count). The van der Waals surface area contributed by atoms with Crippen molar-refractivity contribution in [2.75, 3.05) is 5.33 Å². The lowest BCUT2D eigenvalue weighted by molar-refractivity contribution is -0.127. The lowest BCUT2D eigenvalue weighted by atomic mass is 9.82.